The number of rotatable bonds is 4. The van der Waals surface area contributed by atoms with Crippen LogP contribution in [0, 0.1) is 0 Å². The molecule has 0 aliphatic carbocycles. The number of nitrogens with zero attached hydrogens (tertiary/aromatic N) is 3. The molecule has 0 radical (unpaired) electrons. The molecule has 6 nitrogen and oxygen atoms in total. The number of aromatic amines is 1. The maximum absolute atomic E-state index is 11.9. The molecule has 0 spiro atoms. The van der Waals surface area contributed by atoms with E-state index in [0.717, 1.165) is 0 Å². The van der Waals surface area contributed by atoms with Crippen LogP contribution in [0.3, 0.4) is 0 Å². The van der Waals surface area contributed by atoms with E-state index < -0.39 is 5.54 Å². The molecule has 1 atom stereocenters. The van der Waals surface area contributed by atoms with Gasteiger partial charge in [-0.1, -0.05) is 6.92 Å². The molecule has 0 aliphatic rings. The van der Waals surface area contributed by atoms with Gasteiger partial charge >= 0.3 is 0 Å². The molecule has 0 aliphatic heterocycles. The van der Waals surface area contributed by atoms with E-state index in [4.69, 9.17) is 5.73 Å². The Balaban J connectivity index is 2.61. The number of hydrogen-bond donors (Lipinski definition) is 2. The minimum Gasteiger partial charge on any atom is -0.337 e. The summed E-state index contributed by atoms with van der Waals surface area (Å²) in [7, 11) is 1.70. The Kier molecular flexibility index (Phi) is 3.41. The van der Waals surface area contributed by atoms with Gasteiger partial charge < -0.3 is 10.6 Å². The lowest BCUT2D eigenvalue weighted by atomic mass is 9.99. The van der Waals surface area contributed by atoms with Gasteiger partial charge in [0.25, 0.3) is 0 Å². The molecular formula is C9H17N5O. The van der Waals surface area contributed by atoms with E-state index in [0.29, 0.717) is 18.8 Å². The number of likely N-dealkylation sites (N-methyl/N-ethyl adjacent to an activating group) is 1. The smallest absolute Gasteiger partial charge is 0.242 e. The van der Waals surface area contributed by atoms with E-state index in [1.165, 1.54) is 6.33 Å². The van der Waals surface area contributed by atoms with E-state index in [-0.39, 0.29) is 5.91 Å². The summed E-state index contributed by atoms with van der Waals surface area (Å²) in [4.78, 5) is 17.4. The third-order valence-electron chi connectivity index (χ3n) is 2.42. The average Bonchev–Trinajstić information content (AvgIpc) is 2.69. The van der Waals surface area contributed by atoms with Crippen molar-refractivity contribution in [1.82, 2.24) is 20.1 Å². The summed E-state index contributed by atoms with van der Waals surface area (Å²) >= 11 is 0. The summed E-state index contributed by atoms with van der Waals surface area (Å²) in [6, 6.07) is 0. The second kappa shape index (κ2) is 4.39. The van der Waals surface area contributed by atoms with Crippen LogP contribution in [0.2, 0.25) is 0 Å². The first-order valence-electron chi connectivity index (χ1n) is 4.86. The largest absolute Gasteiger partial charge is 0.337 e. The first kappa shape index (κ1) is 11.6. The highest BCUT2D eigenvalue weighted by Gasteiger charge is 2.29. The number of carbonyl (C=O) groups excluding carboxylic acids is 1. The molecule has 0 saturated carbocycles. The quantitative estimate of drug-likeness (QED) is 0.727. The molecule has 1 aromatic rings. The summed E-state index contributed by atoms with van der Waals surface area (Å²) in [6.45, 7) is 4.01. The highest BCUT2D eigenvalue weighted by atomic mass is 16.2. The van der Waals surface area contributed by atoms with Crippen LogP contribution in [0.5, 0.6) is 0 Å². The first-order valence-corrected chi connectivity index (χ1v) is 4.86. The summed E-state index contributed by atoms with van der Waals surface area (Å²) in [5.41, 5.74) is 5.04. The molecule has 0 aromatic carbocycles. The topological polar surface area (TPSA) is 87.9 Å². The Bertz CT molecular complexity index is 319. The minimum atomic E-state index is -0.811. The van der Waals surface area contributed by atoms with Crippen LogP contribution in [0.15, 0.2) is 6.33 Å². The van der Waals surface area contributed by atoms with Crippen LogP contribution < -0.4 is 5.73 Å². The molecule has 1 heterocycles. The van der Waals surface area contributed by atoms with E-state index in [1.807, 2.05) is 6.92 Å². The van der Waals surface area contributed by atoms with Crippen LogP contribution in [-0.2, 0) is 11.3 Å². The number of hydrogen-bond acceptors (Lipinski definition) is 4. The molecule has 1 amide bonds. The van der Waals surface area contributed by atoms with E-state index in [9.17, 15) is 4.79 Å². The first-order chi connectivity index (χ1) is 6.97. The van der Waals surface area contributed by atoms with Crippen molar-refractivity contribution in [3.05, 3.63) is 12.2 Å². The lowest BCUT2D eigenvalue weighted by Crippen LogP contribution is -2.51. The molecule has 6 heteroatoms. The maximum atomic E-state index is 11.9. The molecular weight excluding hydrogens is 194 g/mol. The fourth-order valence-electron chi connectivity index (χ4n) is 1.19. The molecule has 1 unspecified atom stereocenters. The van der Waals surface area contributed by atoms with Crippen LogP contribution in [0.4, 0.5) is 0 Å². The van der Waals surface area contributed by atoms with Crippen molar-refractivity contribution in [2.45, 2.75) is 32.4 Å². The Morgan fingerprint density at radius 2 is 2.40 bits per heavy atom. The molecule has 0 saturated heterocycles. The normalized spacial score (nSPS) is 14.7. The zero-order valence-corrected chi connectivity index (χ0v) is 9.32. The highest BCUT2D eigenvalue weighted by Crippen LogP contribution is 2.09. The second-order valence-corrected chi connectivity index (χ2v) is 3.86. The third-order valence-corrected chi connectivity index (χ3v) is 2.42. The van der Waals surface area contributed by atoms with Crippen molar-refractivity contribution in [3.8, 4) is 0 Å². The molecule has 15 heavy (non-hydrogen) atoms. The van der Waals surface area contributed by atoms with Crippen molar-refractivity contribution in [1.29, 1.82) is 0 Å². The fraction of sp³-hybridized carbons (Fsp3) is 0.667. The van der Waals surface area contributed by atoms with Crippen molar-refractivity contribution in [2.24, 2.45) is 5.73 Å². The Hall–Kier alpha value is -1.43. The van der Waals surface area contributed by atoms with Crippen molar-refractivity contribution < 1.29 is 4.79 Å². The number of nitrogens with two attached hydrogens (primary N) is 1. The van der Waals surface area contributed by atoms with Gasteiger partial charge in [0.05, 0.1) is 12.1 Å². The predicted octanol–water partition coefficient (Wildman–Crippen LogP) is -0.109. The van der Waals surface area contributed by atoms with E-state index in [1.54, 1.807) is 18.9 Å². The van der Waals surface area contributed by atoms with Gasteiger partial charge in [0.15, 0.2) is 0 Å². The average molecular weight is 211 g/mol. The number of H-pyrrole nitrogens is 1. The molecule has 0 bridgehead atoms. The van der Waals surface area contributed by atoms with Crippen molar-refractivity contribution in [3.63, 3.8) is 0 Å². The van der Waals surface area contributed by atoms with Gasteiger partial charge in [0.2, 0.25) is 5.91 Å². The summed E-state index contributed by atoms with van der Waals surface area (Å²) < 4.78 is 0. The van der Waals surface area contributed by atoms with Crippen LogP contribution in [0.25, 0.3) is 0 Å². The lowest BCUT2D eigenvalue weighted by molar-refractivity contribution is -0.135. The van der Waals surface area contributed by atoms with Crippen molar-refractivity contribution >= 4 is 5.91 Å². The molecule has 1 aromatic heterocycles. The zero-order chi connectivity index (χ0) is 11.5. The van der Waals surface area contributed by atoms with Gasteiger partial charge in [-0.2, -0.15) is 5.10 Å². The predicted molar refractivity (Wildman–Crippen MR) is 55.7 cm³/mol. The summed E-state index contributed by atoms with van der Waals surface area (Å²) in [5, 5.41) is 6.41. The highest BCUT2D eigenvalue weighted by molar-refractivity contribution is 5.85. The molecule has 0 fully saturated rings. The fourth-order valence-corrected chi connectivity index (χ4v) is 1.19. The van der Waals surface area contributed by atoms with Gasteiger partial charge in [0, 0.05) is 7.05 Å². The molecule has 84 valence electrons. The van der Waals surface area contributed by atoms with Gasteiger partial charge in [-0.15, -0.1) is 0 Å². The van der Waals surface area contributed by atoms with Crippen molar-refractivity contribution in [2.75, 3.05) is 7.05 Å². The Labute approximate surface area is 88.9 Å². The lowest BCUT2D eigenvalue weighted by Gasteiger charge is -2.27. The number of aromatic nitrogens is 3. The van der Waals surface area contributed by atoms with Gasteiger partial charge in [-0.3, -0.25) is 9.89 Å². The van der Waals surface area contributed by atoms with Crippen LogP contribution >= 0.6 is 0 Å². The summed E-state index contributed by atoms with van der Waals surface area (Å²) in [6.07, 6.45) is 2.02. The molecule has 3 N–H and O–H groups in total. The maximum Gasteiger partial charge on any atom is 0.242 e. The van der Waals surface area contributed by atoms with Crippen LogP contribution in [-0.4, -0.2) is 38.6 Å². The Morgan fingerprint density at radius 3 is 2.87 bits per heavy atom. The standard InChI is InChI=1S/C9H17N5O/c1-4-9(2,10)8(15)14(3)5-7-11-6-12-13-7/h6H,4-5,10H2,1-3H3,(H,11,12,13). The second-order valence-electron chi connectivity index (χ2n) is 3.86. The molecule has 1 rings (SSSR count). The third kappa shape index (κ3) is 2.76. The number of amides is 1. The number of carbonyl (C=O) groups is 1. The van der Waals surface area contributed by atoms with Gasteiger partial charge in [-0.25, -0.2) is 4.98 Å². The van der Waals surface area contributed by atoms with E-state index in [2.05, 4.69) is 15.2 Å². The monoisotopic (exact) mass is 211 g/mol. The zero-order valence-electron chi connectivity index (χ0n) is 9.32. The summed E-state index contributed by atoms with van der Waals surface area (Å²) in [5.74, 6) is 0.555. The van der Waals surface area contributed by atoms with Crippen LogP contribution in [0.1, 0.15) is 26.1 Å². The SMILES string of the molecule is CCC(C)(N)C(=O)N(C)Cc1ncn[nH]1. The van der Waals surface area contributed by atoms with Gasteiger partial charge in [-0.05, 0) is 13.3 Å². The minimum absolute atomic E-state index is 0.0959. The van der Waals surface area contributed by atoms with E-state index >= 15 is 0 Å². The van der Waals surface area contributed by atoms with Gasteiger partial charge in [0.1, 0.15) is 12.2 Å². The Morgan fingerprint density at radius 1 is 1.73 bits per heavy atom. The number of nitrogens with one attached hydrogen (secondary N) is 1.